The number of hydrogen-bond acceptors (Lipinski definition) is 6. The van der Waals surface area contributed by atoms with Crippen molar-refractivity contribution < 1.29 is 17.9 Å². The Morgan fingerprint density at radius 1 is 1.26 bits per heavy atom. The molecule has 0 atom stereocenters. The summed E-state index contributed by atoms with van der Waals surface area (Å²) in [5.74, 6) is 0. The first-order valence-electron chi connectivity index (χ1n) is 7.09. The molecule has 0 spiro atoms. The minimum atomic E-state index is -3.54. The number of ether oxygens (including phenoxy) is 1. The van der Waals surface area contributed by atoms with Gasteiger partial charge in [-0.15, -0.1) is 0 Å². The van der Waals surface area contributed by atoms with Crippen molar-refractivity contribution in [3.63, 3.8) is 0 Å². The molecule has 8 nitrogen and oxygen atoms in total. The highest BCUT2D eigenvalue weighted by molar-refractivity contribution is 7.89. The fourth-order valence-electron chi connectivity index (χ4n) is 1.65. The third-order valence-corrected chi connectivity index (χ3v) is 4.12. The Bertz CT molecular complexity index is 653. The van der Waals surface area contributed by atoms with E-state index in [9.17, 15) is 13.2 Å². The van der Waals surface area contributed by atoms with Crippen molar-refractivity contribution in [2.75, 3.05) is 31.2 Å². The lowest BCUT2D eigenvalue weighted by Gasteiger charge is -2.19. The van der Waals surface area contributed by atoms with Crippen LogP contribution >= 0.6 is 0 Å². The van der Waals surface area contributed by atoms with Crippen LogP contribution in [-0.2, 0) is 14.8 Å². The standard InChI is InChI=1S/C14H24N4O4S/c1-14(2,3)22-13(19)18-8-7-17-12-9-10(5-6-11(12)15)23(20,21)16-4/h5-6,9,16-17H,7-8,15H2,1-4H3,(H,18,19). The Morgan fingerprint density at radius 3 is 2.48 bits per heavy atom. The highest BCUT2D eigenvalue weighted by Crippen LogP contribution is 2.22. The van der Waals surface area contributed by atoms with Gasteiger partial charge < -0.3 is 21.1 Å². The number of benzene rings is 1. The first-order chi connectivity index (χ1) is 10.5. The van der Waals surface area contributed by atoms with E-state index in [1.54, 1.807) is 20.8 Å². The smallest absolute Gasteiger partial charge is 0.407 e. The van der Waals surface area contributed by atoms with E-state index in [1.165, 1.54) is 25.2 Å². The summed E-state index contributed by atoms with van der Waals surface area (Å²) in [6.07, 6.45) is -0.515. The molecule has 1 amide bonds. The molecule has 1 aromatic rings. The van der Waals surface area contributed by atoms with Gasteiger partial charge in [0.25, 0.3) is 0 Å². The van der Waals surface area contributed by atoms with E-state index in [2.05, 4.69) is 15.4 Å². The second kappa shape index (κ2) is 7.51. The van der Waals surface area contributed by atoms with Gasteiger partial charge in [-0.05, 0) is 46.0 Å². The molecule has 0 aliphatic heterocycles. The van der Waals surface area contributed by atoms with Crippen LogP contribution in [-0.4, -0.2) is 40.2 Å². The average Bonchev–Trinajstić information content (AvgIpc) is 2.43. The second-order valence-corrected chi connectivity index (χ2v) is 7.70. The van der Waals surface area contributed by atoms with Gasteiger partial charge in [0, 0.05) is 13.1 Å². The maximum Gasteiger partial charge on any atom is 0.407 e. The number of carbonyl (C=O) groups is 1. The van der Waals surface area contributed by atoms with E-state index >= 15 is 0 Å². The molecule has 0 bridgehead atoms. The fourth-order valence-corrected chi connectivity index (χ4v) is 2.41. The molecule has 0 saturated carbocycles. The Balaban J connectivity index is 2.59. The molecule has 0 radical (unpaired) electrons. The number of carbonyl (C=O) groups excluding carboxylic acids is 1. The van der Waals surface area contributed by atoms with Crippen LogP contribution in [0.4, 0.5) is 16.2 Å². The number of hydrogen-bond donors (Lipinski definition) is 4. The fraction of sp³-hybridized carbons (Fsp3) is 0.500. The first kappa shape index (κ1) is 19.0. The maximum atomic E-state index is 11.8. The highest BCUT2D eigenvalue weighted by Gasteiger charge is 2.16. The molecule has 0 saturated heterocycles. The van der Waals surface area contributed by atoms with Crippen molar-refractivity contribution in [2.24, 2.45) is 0 Å². The molecule has 0 aliphatic carbocycles. The van der Waals surface area contributed by atoms with E-state index in [-0.39, 0.29) is 4.90 Å². The van der Waals surface area contributed by atoms with E-state index in [1.807, 2.05) is 0 Å². The lowest BCUT2D eigenvalue weighted by atomic mass is 10.2. The van der Waals surface area contributed by atoms with Crippen molar-refractivity contribution in [1.82, 2.24) is 10.0 Å². The second-order valence-electron chi connectivity index (χ2n) is 5.81. The molecule has 1 rings (SSSR count). The zero-order chi connectivity index (χ0) is 17.7. The molecule has 0 unspecified atom stereocenters. The topological polar surface area (TPSA) is 123 Å². The number of nitrogens with one attached hydrogen (secondary N) is 3. The van der Waals surface area contributed by atoms with Crippen molar-refractivity contribution in [1.29, 1.82) is 0 Å². The molecule has 23 heavy (non-hydrogen) atoms. The van der Waals surface area contributed by atoms with E-state index in [4.69, 9.17) is 10.5 Å². The molecule has 9 heteroatoms. The van der Waals surface area contributed by atoms with Crippen LogP contribution in [0, 0.1) is 0 Å². The predicted molar refractivity (Wildman–Crippen MR) is 89.8 cm³/mol. The quantitative estimate of drug-likeness (QED) is 0.453. The van der Waals surface area contributed by atoms with Crippen LogP contribution < -0.4 is 21.1 Å². The summed E-state index contributed by atoms with van der Waals surface area (Å²) in [5, 5.41) is 5.57. The van der Waals surface area contributed by atoms with Gasteiger partial charge in [0.05, 0.1) is 16.3 Å². The number of nitrogen functional groups attached to an aromatic ring is 1. The summed E-state index contributed by atoms with van der Waals surface area (Å²) in [6.45, 7) is 6.00. The van der Waals surface area contributed by atoms with Gasteiger partial charge in [0.2, 0.25) is 10.0 Å². The summed E-state index contributed by atoms with van der Waals surface area (Å²) in [6, 6.07) is 4.37. The van der Waals surface area contributed by atoms with Crippen LogP contribution in [0.25, 0.3) is 0 Å². The van der Waals surface area contributed by atoms with Gasteiger partial charge in [0.15, 0.2) is 0 Å². The Labute approximate surface area is 136 Å². The van der Waals surface area contributed by atoms with Crippen LogP contribution in [0.15, 0.2) is 23.1 Å². The predicted octanol–water partition coefficient (Wildman–Crippen LogP) is 1.11. The van der Waals surface area contributed by atoms with Gasteiger partial charge in [-0.25, -0.2) is 17.9 Å². The van der Waals surface area contributed by atoms with E-state index in [0.717, 1.165) is 0 Å². The van der Waals surface area contributed by atoms with Crippen molar-refractivity contribution in [3.8, 4) is 0 Å². The molecule has 0 heterocycles. The summed E-state index contributed by atoms with van der Waals surface area (Å²) in [7, 11) is -2.20. The number of nitrogens with two attached hydrogens (primary N) is 1. The molecule has 1 aromatic carbocycles. The van der Waals surface area contributed by atoms with Gasteiger partial charge in [-0.1, -0.05) is 0 Å². The first-order valence-corrected chi connectivity index (χ1v) is 8.57. The normalized spacial score (nSPS) is 11.8. The number of anilines is 2. The molecular formula is C14H24N4O4S. The zero-order valence-corrected chi connectivity index (χ0v) is 14.6. The number of alkyl carbamates (subject to hydrolysis) is 1. The summed E-state index contributed by atoms with van der Waals surface area (Å²) in [4.78, 5) is 11.6. The van der Waals surface area contributed by atoms with E-state index in [0.29, 0.717) is 24.5 Å². The Morgan fingerprint density at radius 2 is 1.91 bits per heavy atom. The molecule has 0 aliphatic rings. The lowest BCUT2D eigenvalue weighted by molar-refractivity contribution is 0.0530. The molecule has 130 valence electrons. The lowest BCUT2D eigenvalue weighted by Crippen LogP contribution is -2.35. The Hall–Kier alpha value is -2.00. The van der Waals surface area contributed by atoms with Gasteiger partial charge in [0.1, 0.15) is 5.60 Å². The maximum absolute atomic E-state index is 11.8. The van der Waals surface area contributed by atoms with E-state index < -0.39 is 21.7 Å². The summed E-state index contributed by atoms with van der Waals surface area (Å²) in [5.41, 5.74) is 6.15. The van der Waals surface area contributed by atoms with Crippen molar-refractivity contribution in [2.45, 2.75) is 31.3 Å². The number of amides is 1. The molecule has 5 N–H and O–H groups in total. The third-order valence-electron chi connectivity index (χ3n) is 2.71. The monoisotopic (exact) mass is 344 g/mol. The van der Waals surface area contributed by atoms with Gasteiger partial charge >= 0.3 is 6.09 Å². The molecule has 0 fully saturated rings. The zero-order valence-electron chi connectivity index (χ0n) is 13.8. The molecular weight excluding hydrogens is 320 g/mol. The van der Waals surface area contributed by atoms with Crippen LogP contribution in [0.5, 0.6) is 0 Å². The van der Waals surface area contributed by atoms with Gasteiger partial charge in [-0.2, -0.15) is 0 Å². The average molecular weight is 344 g/mol. The van der Waals surface area contributed by atoms with Crippen molar-refractivity contribution in [3.05, 3.63) is 18.2 Å². The van der Waals surface area contributed by atoms with Crippen LogP contribution in [0.2, 0.25) is 0 Å². The summed E-state index contributed by atoms with van der Waals surface area (Å²) < 4.78 is 30.9. The van der Waals surface area contributed by atoms with Crippen molar-refractivity contribution >= 4 is 27.5 Å². The van der Waals surface area contributed by atoms with Crippen LogP contribution in [0.1, 0.15) is 20.8 Å². The third kappa shape index (κ3) is 6.33. The summed E-state index contributed by atoms with van der Waals surface area (Å²) >= 11 is 0. The number of sulfonamides is 1. The molecule has 0 aromatic heterocycles. The minimum Gasteiger partial charge on any atom is -0.444 e. The SMILES string of the molecule is CNS(=O)(=O)c1ccc(N)c(NCCNC(=O)OC(C)(C)C)c1. The minimum absolute atomic E-state index is 0.108. The highest BCUT2D eigenvalue weighted by atomic mass is 32.2. The Kier molecular flexibility index (Phi) is 6.22. The van der Waals surface area contributed by atoms with Crippen LogP contribution in [0.3, 0.4) is 0 Å². The van der Waals surface area contributed by atoms with Gasteiger partial charge in [-0.3, -0.25) is 0 Å². The number of rotatable bonds is 6. The largest absolute Gasteiger partial charge is 0.444 e.